The molecule has 0 fully saturated rings. The standard InChI is InChI=1S/C11H14N2O3/c1-7-5-13(11(16)12-10(7)15)9-3-2-8(4-9)6-14/h2,5,9,14H,3-4,6H2,1H3,(H,12,15,16). The van der Waals surface area contributed by atoms with Crippen LogP contribution in [0.4, 0.5) is 0 Å². The topological polar surface area (TPSA) is 75.1 Å². The zero-order valence-electron chi connectivity index (χ0n) is 9.06. The van der Waals surface area contributed by atoms with E-state index in [4.69, 9.17) is 5.11 Å². The number of aryl methyl sites for hydroxylation is 1. The number of aromatic amines is 1. The largest absolute Gasteiger partial charge is 0.392 e. The molecule has 0 spiro atoms. The Morgan fingerprint density at radius 1 is 1.56 bits per heavy atom. The number of allylic oxidation sites excluding steroid dienone is 1. The minimum absolute atomic E-state index is 0.0187. The number of hydrogen-bond acceptors (Lipinski definition) is 3. The normalized spacial score (nSPS) is 19.9. The number of nitrogens with one attached hydrogen (secondary N) is 1. The lowest BCUT2D eigenvalue weighted by Crippen LogP contribution is -2.32. The first-order valence-corrected chi connectivity index (χ1v) is 5.22. The van der Waals surface area contributed by atoms with Crippen molar-refractivity contribution in [3.05, 3.63) is 44.2 Å². The molecule has 0 bridgehead atoms. The van der Waals surface area contributed by atoms with Crippen LogP contribution in [0.3, 0.4) is 0 Å². The monoisotopic (exact) mass is 222 g/mol. The Balaban J connectivity index is 2.33. The molecule has 0 radical (unpaired) electrons. The number of aliphatic hydroxyl groups is 1. The maximum atomic E-state index is 11.6. The lowest BCUT2D eigenvalue weighted by Gasteiger charge is -2.13. The molecule has 86 valence electrons. The fourth-order valence-corrected chi connectivity index (χ4v) is 1.97. The molecule has 5 heteroatoms. The summed E-state index contributed by atoms with van der Waals surface area (Å²) in [5.74, 6) is 0. The van der Waals surface area contributed by atoms with Gasteiger partial charge >= 0.3 is 5.69 Å². The van der Waals surface area contributed by atoms with Crippen LogP contribution in [0.15, 0.2) is 27.4 Å². The van der Waals surface area contributed by atoms with E-state index in [1.807, 2.05) is 6.08 Å². The summed E-state index contributed by atoms with van der Waals surface area (Å²) in [7, 11) is 0. The van der Waals surface area contributed by atoms with E-state index in [1.165, 1.54) is 4.57 Å². The van der Waals surface area contributed by atoms with Gasteiger partial charge in [0.25, 0.3) is 5.56 Å². The molecule has 1 heterocycles. The van der Waals surface area contributed by atoms with Gasteiger partial charge < -0.3 is 5.11 Å². The predicted octanol–water partition coefficient (Wildman–Crippen LogP) is 0.0986. The zero-order chi connectivity index (χ0) is 11.7. The van der Waals surface area contributed by atoms with Crippen LogP contribution in [0.2, 0.25) is 0 Å². The first-order chi connectivity index (χ1) is 7.61. The summed E-state index contributed by atoms with van der Waals surface area (Å²) in [4.78, 5) is 25.1. The lowest BCUT2D eigenvalue weighted by atomic mass is 10.2. The minimum Gasteiger partial charge on any atom is -0.392 e. The highest BCUT2D eigenvalue weighted by Crippen LogP contribution is 2.27. The molecule has 1 atom stereocenters. The Labute approximate surface area is 92.1 Å². The molecule has 1 unspecified atom stereocenters. The second kappa shape index (κ2) is 4.09. The first kappa shape index (κ1) is 10.9. The molecule has 0 aromatic carbocycles. The molecule has 1 aliphatic rings. The molecule has 0 saturated carbocycles. The number of aliphatic hydroxyl groups excluding tert-OH is 1. The van der Waals surface area contributed by atoms with Crippen LogP contribution in [0.25, 0.3) is 0 Å². The summed E-state index contributed by atoms with van der Waals surface area (Å²) in [6, 6.07) is 0.0187. The van der Waals surface area contributed by atoms with E-state index in [0.29, 0.717) is 12.0 Å². The van der Waals surface area contributed by atoms with Crippen molar-refractivity contribution in [3.63, 3.8) is 0 Å². The Hall–Kier alpha value is -1.62. The third-order valence-electron chi connectivity index (χ3n) is 2.92. The summed E-state index contributed by atoms with van der Waals surface area (Å²) >= 11 is 0. The molecule has 1 aromatic rings. The molecule has 2 N–H and O–H groups in total. The smallest absolute Gasteiger partial charge is 0.328 e. The molecule has 2 rings (SSSR count). The van der Waals surface area contributed by atoms with Gasteiger partial charge in [-0.3, -0.25) is 14.3 Å². The van der Waals surface area contributed by atoms with E-state index in [1.54, 1.807) is 13.1 Å². The quantitative estimate of drug-likeness (QED) is 0.697. The van der Waals surface area contributed by atoms with Gasteiger partial charge in [-0.15, -0.1) is 0 Å². The third-order valence-corrected chi connectivity index (χ3v) is 2.92. The number of rotatable bonds is 2. The van der Waals surface area contributed by atoms with Crippen molar-refractivity contribution in [2.45, 2.75) is 25.8 Å². The van der Waals surface area contributed by atoms with Crippen molar-refractivity contribution in [3.8, 4) is 0 Å². The fourth-order valence-electron chi connectivity index (χ4n) is 1.97. The third kappa shape index (κ3) is 1.86. The van der Waals surface area contributed by atoms with Crippen molar-refractivity contribution < 1.29 is 5.11 Å². The average Bonchev–Trinajstić information content (AvgIpc) is 2.71. The maximum absolute atomic E-state index is 11.6. The summed E-state index contributed by atoms with van der Waals surface area (Å²) in [5.41, 5.74) is 0.751. The Morgan fingerprint density at radius 3 is 2.94 bits per heavy atom. The van der Waals surface area contributed by atoms with E-state index in [0.717, 1.165) is 12.0 Å². The van der Waals surface area contributed by atoms with Gasteiger partial charge in [0.1, 0.15) is 0 Å². The van der Waals surface area contributed by atoms with E-state index >= 15 is 0 Å². The van der Waals surface area contributed by atoms with Crippen molar-refractivity contribution >= 4 is 0 Å². The molecule has 5 nitrogen and oxygen atoms in total. The van der Waals surface area contributed by atoms with Crippen LogP contribution in [0.1, 0.15) is 24.4 Å². The average molecular weight is 222 g/mol. The Morgan fingerprint density at radius 2 is 2.31 bits per heavy atom. The summed E-state index contributed by atoms with van der Waals surface area (Å²) in [6.45, 7) is 1.71. The number of aromatic nitrogens is 2. The van der Waals surface area contributed by atoms with Gasteiger partial charge in [-0.05, 0) is 25.3 Å². The fraction of sp³-hybridized carbons (Fsp3) is 0.455. The molecule has 1 aromatic heterocycles. The molecule has 16 heavy (non-hydrogen) atoms. The maximum Gasteiger partial charge on any atom is 0.328 e. The van der Waals surface area contributed by atoms with E-state index in [9.17, 15) is 9.59 Å². The van der Waals surface area contributed by atoms with Crippen LogP contribution in [0, 0.1) is 6.92 Å². The molecular formula is C11H14N2O3. The highest BCUT2D eigenvalue weighted by molar-refractivity contribution is 5.13. The predicted molar refractivity (Wildman–Crippen MR) is 59.5 cm³/mol. The Bertz CT molecular complexity index is 539. The number of H-pyrrole nitrogens is 1. The van der Waals surface area contributed by atoms with Crippen LogP contribution in [-0.2, 0) is 0 Å². The highest BCUT2D eigenvalue weighted by Gasteiger charge is 2.19. The molecule has 0 saturated heterocycles. The number of nitrogens with zero attached hydrogens (tertiary/aromatic N) is 1. The van der Waals surface area contributed by atoms with E-state index in [2.05, 4.69) is 4.98 Å². The van der Waals surface area contributed by atoms with Crippen molar-refractivity contribution in [1.82, 2.24) is 9.55 Å². The zero-order valence-corrected chi connectivity index (χ0v) is 9.06. The molecule has 0 amide bonds. The van der Waals surface area contributed by atoms with Gasteiger partial charge in [0.2, 0.25) is 0 Å². The second-order valence-electron chi connectivity index (χ2n) is 4.09. The van der Waals surface area contributed by atoms with Crippen molar-refractivity contribution in [2.75, 3.05) is 6.61 Å². The van der Waals surface area contributed by atoms with E-state index in [-0.39, 0.29) is 23.9 Å². The van der Waals surface area contributed by atoms with Crippen LogP contribution >= 0.6 is 0 Å². The van der Waals surface area contributed by atoms with Crippen molar-refractivity contribution in [2.24, 2.45) is 0 Å². The van der Waals surface area contributed by atoms with Crippen LogP contribution < -0.4 is 11.2 Å². The minimum atomic E-state index is -0.381. The van der Waals surface area contributed by atoms with Gasteiger partial charge in [0.05, 0.1) is 6.61 Å². The molecule has 0 aliphatic heterocycles. The Kier molecular flexibility index (Phi) is 2.78. The SMILES string of the molecule is Cc1cn(C2CC=C(CO)C2)c(=O)[nH]c1=O. The van der Waals surface area contributed by atoms with Gasteiger partial charge in [-0.1, -0.05) is 6.08 Å². The van der Waals surface area contributed by atoms with E-state index < -0.39 is 0 Å². The van der Waals surface area contributed by atoms with Crippen molar-refractivity contribution in [1.29, 1.82) is 0 Å². The van der Waals surface area contributed by atoms with Gasteiger partial charge in [-0.2, -0.15) is 0 Å². The molecule has 1 aliphatic carbocycles. The first-order valence-electron chi connectivity index (χ1n) is 5.22. The molecular weight excluding hydrogens is 208 g/mol. The lowest BCUT2D eigenvalue weighted by molar-refractivity contribution is 0.324. The number of hydrogen-bond donors (Lipinski definition) is 2. The highest BCUT2D eigenvalue weighted by atomic mass is 16.3. The summed E-state index contributed by atoms with van der Waals surface area (Å²) < 4.78 is 1.54. The van der Waals surface area contributed by atoms with Gasteiger partial charge in [-0.25, -0.2) is 4.79 Å². The summed E-state index contributed by atoms with van der Waals surface area (Å²) in [5, 5.41) is 8.99. The van der Waals surface area contributed by atoms with Crippen LogP contribution in [0.5, 0.6) is 0 Å². The van der Waals surface area contributed by atoms with Gasteiger partial charge in [0.15, 0.2) is 0 Å². The summed E-state index contributed by atoms with van der Waals surface area (Å²) in [6.07, 6.45) is 4.92. The van der Waals surface area contributed by atoms with Crippen LogP contribution in [-0.4, -0.2) is 21.3 Å². The second-order valence-corrected chi connectivity index (χ2v) is 4.09. The van der Waals surface area contributed by atoms with Gasteiger partial charge in [0, 0.05) is 17.8 Å².